The average Bonchev–Trinajstić information content (AvgIpc) is 2.47. The summed E-state index contributed by atoms with van der Waals surface area (Å²) in [6, 6.07) is 0.675. The first-order chi connectivity index (χ1) is 10.9. The van der Waals surface area contributed by atoms with E-state index in [4.69, 9.17) is 0 Å². The Morgan fingerprint density at radius 2 is 2.00 bits per heavy atom. The van der Waals surface area contributed by atoms with Gasteiger partial charge in [-0.15, -0.1) is 0 Å². The zero-order valence-corrected chi connectivity index (χ0v) is 14.4. The molecule has 0 aromatic heterocycles. The zero-order valence-electron chi connectivity index (χ0n) is 14.4. The standard InChI is InChI=1S/C16H31F3N4/c1-3-20-15(22-11-9-16(17,18)19)21-10-5-7-13-23-12-6-4-8-14(23)2/h14H,3-13H2,1-2H3,(H2,20,21,22). The molecule has 0 bridgehead atoms. The summed E-state index contributed by atoms with van der Waals surface area (Å²) in [5, 5.41) is 5.71. The lowest BCUT2D eigenvalue weighted by atomic mass is 10.0. The van der Waals surface area contributed by atoms with Gasteiger partial charge in [-0.1, -0.05) is 6.42 Å². The number of hydrogen-bond acceptors (Lipinski definition) is 2. The molecule has 1 saturated heterocycles. The lowest BCUT2D eigenvalue weighted by molar-refractivity contribution is -0.132. The molecule has 1 unspecified atom stereocenters. The van der Waals surface area contributed by atoms with Gasteiger partial charge < -0.3 is 15.5 Å². The van der Waals surface area contributed by atoms with Gasteiger partial charge in [-0.2, -0.15) is 13.2 Å². The van der Waals surface area contributed by atoms with E-state index in [1.165, 1.54) is 25.8 Å². The Morgan fingerprint density at radius 1 is 1.22 bits per heavy atom. The van der Waals surface area contributed by atoms with Crippen molar-refractivity contribution < 1.29 is 13.2 Å². The van der Waals surface area contributed by atoms with Crippen molar-refractivity contribution in [3.63, 3.8) is 0 Å². The molecule has 136 valence electrons. The first-order valence-corrected chi connectivity index (χ1v) is 8.75. The Bertz CT molecular complexity index is 345. The van der Waals surface area contributed by atoms with Gasteiger partial charge >= 0.3 is 6.18 Å². The van der Waals surface area contributed by atoms with Gasteiger partial charge in [0, 0.05) is 25.7 Å². The molecule has 1 aliphatic rings. The van der Waals surface area contributed by atoms with Gasteiger partial charge in [-0.05, 0) is 52.6 Å². The van der Waals surface area contributed by atoms with Crippen LogP contribution in [0.2, 0.25) is 0 Å². The summed E-state index contributed by atoms with van der Waals surface area (Å²) in [7, 11) is 0. The van der Waals surface area contributed by atoms with Gasteiger partial charge in [0.1, 0.15) is 0 Å². The SMILES string of the molecule is CCNC(=NCCCCN1CCCCC1C)NCCC(F)(F)F. The van der Waals surface area contributed by atoms with Crippen LogP contribution in [-0.2, 0) is 0 Å². The van der Waals surface area contributed by atoms with E-state index in [1.807, 2.05) is 6.92 Å². The van der Waals surface area contributed by atoms with E-state index >= 15 is 0 Å². The van der Waals surface area contributed by atoms with Crippen LogP contribution < -0.4 is 10.6 Å². The lowest BCUT2D eigenvalue weighted by Gasteiger charge is -2.33. The van der Waals surface area contributed by atoms with Crippen molar-refractivity contribution in [3.05, 3.63) is 0 Å². The molecular formula is C16H31F3N4. The summed E-state index contributed by atoms with van der Waals surface area (Å²) >= 11 is 0. The fourth-order valence-corrected chi connectivity index (χ4v) is 2.77. The fourth-order valence-electron chi connectivity index (χ4n) is 2.77. The normalized spacial score (nSPS) is 20.6. The molecule has 1 fully saturated rings. The number of piperidine rings is 1. The second-order valence-corrected chi connectivity index (χ2v) is 6.14. The number of likely N-dealkylation sites (tertiary alicyclic amines) is 1. The summed E-state index contributed by atoms with van der Waals surface area (Å²) in [5.74, 6) is 0.475. The highest BCUT2D eigenvalue weighted by molar-refractivity contribution is 5.79. The third kappa shape index (κ3) is 9.69. The minimum Gasteiger partial charge on any atom is -0.357 e. The van der Waals surface area contributed by atoms with Crippen molar-refractivity contribution in [2.24, 2.45) is 4.99 Å². The van der Waals surface area contributed by atoms with Gasteiger partial charge in [-0.3, -0.25) is 4.99 Å². The summed E-state index contributed by atoms with van der Waals surface area (Å²) in [6.07, 6.45) is 0.966. The van der Waals surface area contributed by atoms with E-state index in [0.29, 0.717) is 25.1 Å². The fraction of sp³-hybridized carbons (Fsp3) is 0.938. The average molecular weight is 336 g/mol. The highest BCUT2D eigenvalue weighted by atomic mass is 19.4. The molecule has 4 nitrogen and oxygen atoms in total. The number of guanidine groups is 1. The Labute approximate surface area is 137 Å². The number of halogens is 3. The number of nitrogens with zero attached hydrogens (tertiary/aromatic N) is 2. The molecule has 2 N–H and O–H groups in total. The van der Waals surface area contributed by atoms with Crippen LogP contribution in [0.3, 0.4) is 0 Å². The van der Waals surface area contributed by atoms with E-state index in [2.05, 4.69) is 27.4 Å². The van der Waals surface area contributed by atoms with Crippen molar-refractivity contribution in [2.75, 3.05) is 32.7 Å². The lowest BCUT2D eigenvalue weighted by Crippen LogP contribution is -2.39. The molecule has 0 aromatic rings. The highest BCUT2D eigenvalue weighted by Crippen LogP contribution is 2.18. The van der Waals surface area contributed by atoms with Crippen molar-refractivity contribution in [1.29, 1.82) is 0 Å². The Morgan fingerprint density at radius 3 is 2.65 bits per heavy atom. The summed E-state index contributed by atoms with van der Waals surface area (Å²) < 4.78 is 36.4. The summed E-state index contributed by atoms with van der Waals surface area (Å²) in [6.45, 7) is 7.61. The third-order valence-corrected chi connectivity index (χ3v) is 4.11. The Hall–Kier alpha value is -0.980. The summed E-state index contributed by atoms with van der Waals surface area (Å²) in [5.41, 5.74) is 0. The molecule has 1 aliphatic heterocycles. The van der Waals surface area contributed by atoms with Crippen LogP contribution in [0.25, 0.3) is 0 Å². The van der Waals surface area contributed by atoms with Crippen LogP contribution >= 0.6 is 0 Å². The van der Waals surface area contributed by atoms with Crippen molar-refractivity contribution >= 4 is 5.96 Å². The van der Waals surface area contributed by atoms with Crippen molar-refractivity contribution in [2.45, 2.75) is 64.6 Å². The monoisotopic (exact) mass is 336 g/mol. The maximum atomic E-state index is 12.1. The van der Waals surface area contributed by atoms with E-state index in [1.54, 1.807) is 0 Å². The molecule has 7 heteroatoms. The number of unbranched alkanes of at least 4 members (excludes halogenated alkanes) is 1. The topological polar surface area (TPSA) is 39.7 Å². The number of aliphatic imine (C=N–C) groups is 1. The molecule has 0 aromatic carbocycles. The van der Waals surface area contributed by atoms with E-state index in [0.717, 1.165) is 19.4 Å². The maximum Gasteiger partial charge on any atom is 0.390 e. The molecular weight excluding hydrogens is 305 g/mol. The molecule has 0 saturated carbocycles. The largest absolute Gasteiger partial charge is 0.390 e. The number of alkyl halides is 3. The molecule has 0 radical (unpaired) electrons. The molecule has 1 rings (SSSR count). The molecule has 23 heavy (non-hydrogen) atoms. The van der Waals surface area contributed by atoms with Crippen LogP contribution in [0.5, 0.6) is 0 Å². The first kappa shape index (κ1) is 20.1. The van der Waals surface area contributed by atoms with Gasteiger partial charge in [0.05, 0.1) is 6.42 Å². The Balaban J connectivity index is 2.20. The smallest absolute Gasteiger partial charge is 0.357 e. The van der Waals surface area contributed by atoms with Gasteiger partial charge in [0.25, 0.3) is 0 Å². The van der Waals surface area contributed by atoms with E-state index in [-0.39, 0.29) is 6.54 Å². The number of hydrogen-bond donors (Lipinski definition) is 2. The highest BCUT2D eigenvalue weighted by Gasteiger charge is 2.26. The van der Waals surface area contributed by atoms with E-state index < -0.39 is 12.6 Å². The second kappa shape index (κ2) is 10.7. The maximum absolute atomic E-state index is 12.1. The predicted octanol–water partition coefficient (Wildman–Crippen LogP) is 3.15. The van der Waals surface area contributed by atoms with Gasteiger partial charge in [0.2, 0.25) is 0 Å². The van der Waals surface area contributed by atoms with Gasteiger partial charge in [-0.25, -0.2) is 0 Å². The number of rotatable bonds is 8. The minimum atomic E-state index is -4.13. The third-order valence-electron chi connectivity index (χ3n) is 4.11. The molecule has 0 aliphatic carbocycles. The van der Waals surface area contributed by atoms with Crippen LogP contribution in [0.1, 0.15) is 52.4 Å². The van der Waals surface area contributed by atoms with Gasteiger partial charge in [0.15, 0.2) is 5.96 Å². The minimum absolute atomic E-state index is 0.138. The van der Waals surface area contributed by atoms with Crippen molar-refractivity contribution in [3.8, 4) is 0 Å². The predicted molar refractivity (Wildman–Crippen MR) is 88.8 cm³/mol. The van der Waals surface area contributed by atoms with Crippen molar-refractivity contribution in [1.82, 2.24) is 15.5 Å². The Kier molecular flexibility index (Phi) is 9.36. The van der Waals surface area contributed by atoms with Crippen LogP contribution in [0.4, 0.5) is 13.2 Å². The number of nitrogens with one attached hydrogen (secondary N) is 2. The zero-order chi connectivity index (χ0) is 17.1. The van der Waals surface area contributed by atoms with Crippen LogP contribution in [-0.4, -0.2) is 55.8 Å². The molecule has 1 atom stereocenters. The van der Waals surface area contributed by atoms with E-state index in [9.17, 15) is 13.2 Å². The van der Waals surface area contributed by atoms with Crippen LogP contribution in [0, 0.1) is 0 Å². The summed E-state index contributed by atoms with van der Waals surface area (Å²) in [4.78, 5) is 6.87. The second-order valence-electron chi connectivity index (χ2n) is 6.14. The first-order valence-electron chi connectivity index (χ1n) is 8.75. The molecule has 0 amide bonds. The quantitative estimate of drug-likeness (QED) is 0.406. The molecule has 0 spiro atoms. The van der Waals surface area contributed by atoms with Crippen LogP contribution in [0.15, 0.2) is 4.99 Å². The molecule has 1 heterocycles.